The van der Waals surface area contributed by atoms with Crippen molar-refractivity contribution in [2.24, 2.45) is 0 Å². The van der Waals surface area contributed by atoms with E-state index in [1.165, 1.54) is 0 Å². The van der Waals surface area contributed by atoms with E-state index >= 15 is 0 Å². The predicted molar refractivity (Wildman–Crippen MR) is 34.1 cm³/mol. The summed E-state index contributed by atoms with van der Waals surface area (Å²) in [5.74, 6) is 0. The molecule has 1 aliphatic rings. The molecular formula is C6H13NO2. The number of aliphatic hydroxyl groups excluding tert-OH is 1. The van der Waals surface area contributed by atoms with Crippen LogP contribution in [0.1, 0.15) is 13.3 Å². The van der Waals surface area contributed by atoms with Crippen molar-refractivity contribution in [1.82, 2.24) is 5.32 Å². The van der Waals surface area contributed by atoms with Gasteiger partial charge in [-0.1, -0.05) is 0 Å². The van der Waals surface area contributed by atoms with Gasteiger partial charge in [-0.2, -0.15) is 0 Å². The van der Waals surface area contributed by atoms with Crippen molar-refractivity contribution in [1.29, 1.82) is 0 Å². The van der Waals surface area contributed by atoms with E-state index in [0.717, 1.165) is 0 Å². The third kappa shape index (κ3) is 1.64. The summed E-state index contributed by atoms with van der Waals surface area (Å²) in [5, 5.41) is 21.2. The molecule has 1 unspecified atom stereocenters. The molecule has 1 aliphatic heterocycles. The van der Waals surface area contributed by atoms with Crippen LogP contribution >= 0.6 is 0 Å². The second-order valence-corrected chi connectivity index (χ2v) is 2.88. The van der Waals surface area contributed by atoms with Gasteiger partial charge in [-0.25, -0.2) is 0 Å². The van der Waals surface area contributed by atoms with Crippen molar-refractivity contribution in [2.75, 3.05) is 13.1 Å². The van der Waals surface area contributed by atoms with Crippen LogP contribution in [0.3, 0.4) is 0 Å². The first-order valence-electron chi connectivity index (χ1n) is 3.24. The molecular weight excluding hydrogens is 118 g/mol. The van der Waals surface area contributed by atoms with Gasteiger partial charge in [0.25, 0.3) is 0 Å². The quantitative estimate of drug-likeness (QED) is 0.455. The zero-order chi connectivity index (χ0) is 6.91. The Morgan fingerprint density at radius 3 is 2.33 bits per heavy atom. The van der Waals surface area contributed by atoms with Crippen LogP contribution in [0.2, 0.25) is 0 Å². The molecule has 0 aromatic carbocycles. The standard InChI is InChI=1S/C6H13NO2/c1-5(8)2-6(9)3-7-4-6/h5,7-9H,2-4H2,1H3. The Kier molecular flexibility index (Phi) is 1.75. The summed E-state index contributed by atoms with van der Waals surface area (Å²) in [6, 6.07) is 0. The lowest BCUT2D eigenvalue weighted by Gasteiger charge is -2.38. The second kappa shape index (κ2) is 2.25. The highest BCUT2D eigenvalue weighted by molar-refractivity contribution is 4.93. The third-order valence-corrected chi connectivity index (χ3v) is 1.58. The molecule has 3 N–H and O–H groups in total. The summed E-state index contributed by atoms with van der Waals surface area (Å²) in [5.41, 5.74) is -0.617. The van der Waals surface area contributed by atoms with Gasteiger partial charge in [0.05, 0.1) is 11.7 Å². The van der Waals surface area contributed by atoms with Crippen LogP contribution in [-0.4, -0.2) is 35.0 Å². The second-order valence-electron chi connectivity index (χ2n) is 2.88. The molecule has 1 saturated heterocycles. The molecule has 0 amide bonds. The lowest BCUT2D eigenvalue weighted by molar-refractivity contribution is -0.0448. The molecule has 1 heterocycles. The Hall–Kier alpha value is -0.120. The number of hydrogen-bond donors (Lipinski definition) is 3. The van der Waals surface area contributed by atoms with Crippen molar-refractivity contribution in [2.45, 2.75) is 25.0 Å². The van der Waals surface area contributed by atoms with Crippen molar-refractivity contribution in [3.8, 4) is 0 Å². The van der Waals surface area contributed by atoms with E-state index in [1.54, 1.807) is 6.92 Å². The summed E-state index contributed by atoms with van der Waals surface area (Å²) in [6.07, 6.45) is 0.0945. The molecule has 0 aromatic rings. The topological polar surface area (TPSA) is 52.5 Å². The number of β-amino-alcohol motifs (C(OH)–C–C–N with tert-alkyl or cyclic N) is 1. The molecule has 1 rings (SSSR count). The minimum Gasteiger partial charge on any atom is -0.393 e. The Morgan fingerprint density at radius 2 is 2.22 bits per heavy atom. The Balaban J connectivity index is 2.24. The van der Waals surface area contributed by atoms with Gasteiger partial charge >= 0.3 is 0 Å². The molecule has 3 nitrogen and oxygen atoms in total. The van der Waals surface area contributed by atoms with Crippen LogP contribution in [0.4, 0.5) is 0 Å². The number of nitrogens with one attached hydrogen (secondary N) is 1. The molecule has 0 aliphatic carbocycles. The minimum absolute atomic E-state index is 0.392. The lowest BCUT2D eigenvalue weighted by atomic mass is 9.91. The Morgan fingerprint density at radius 1 is 1.67 bits per heavy atom. The van der Waals surface area contributed by atoms with Gasteiger partial charge in [-0.05, 0) is 6.92 Å². The Labute approximate surface area is 54.7 Å². The average Bonchev–Trinajstić information content (AvgIpc) is 1.60. The summed E-state index contributed by atoms with van der Waals surface area (Å²) < 4.78 is 0. The van der Waals surface area contributed by atoms with Gasteiger partial charge in [0.15, 0.2) is 0 Å². The zero-order valence-corrected chi connectivity index (χ0v) is 5.59. The van der Waals surface area contributed by atoms with Gasteiger partial charge in [0.1, 0.15) is 0 Å². The lowest BCUT2D eigenvalue weighted by Crippen LogP contribution is -2.60. The first-order chi connectivity index (χ1) is 4.12. The van der Waals surface area contributed by atoms with Crippen LogP contribution in [0, 0.1) is 0 Å². The highest BCUT2D eigenvalue weighted by atomic mass is 16.3. The SMILES string of the molecule is CC(O)CC1(O)CNC1. The summed E-state index contributed by atoms with van der Waals surface area (Å²) in [6.45, 7) is 2.94. The molecule has 0 radical (unpaired) electrons. The predicted octanol–water partition coefficient (Wildman–Crippen LogP) is -0.908. The summed E-state index contributed by atoms with van der Waals surface area (Å²) in [4.78, 5) is 0. The first kappa shape index (κ1) is 6.99. The van der Waals surface area contributed by atoms with E-state index in [0.29, 0.717) is 19.5 Å². The van der Waals surface area contributed by atoms with Crippen LogP contribution in [0.5, 0.6) is 0 Å². The molecule has 0 aromatic heterocycles. The van der Waals surface area contributed by atoms with E-state index in [9.17, 15) is 5.11 Å². The maximum absolute atomic E-state index is 9.36. The van der Waals surface area contributed by atoms with Crippen LogP contribution in [-0.2, 0) is 0 Å². The Bertz CT molecular complexity index is 99.2. The highest BCUT2D eigenvalue weighted by Crippen LogP contribution is 2.16. The average molecular weight is 131 g/mol. The van der Waals surface area contributed by atoms with Gasteiger partial charge in [-0.15, -0.1) is 0 Å². The van der Waals surface area contributed by atoms with Crippen molar-refractivity contribution in [3.05, 3.63) is 0 Å². The largest absolute Gasteiger partial charge is 0.393 e. The maximum atomic E-state index is 9.36. The molecule has 3 heteroatoms. The van der Waals surface area contributed by atoms with Gasteiger partial charge < -0.3 is 15.5 Å². The molecule has 0 bridgehead atoms. The van der Waals surface area contributed by atoms with Crippen molar-refractivity contribution >= 4 is 0 Å². The number of rotatable bonds is 2. The number of hydrogen-bond acceptors (Lipinski definition) is 3. The molecule has 1 atom stereocenters. The van der Waals surface area contributed by atoms with Gasteiger partial charge in [0, 0.05) is 19.5 Å². The number of aliphatic hydroxyl groups is 2. The molecule has 54 valence electrons. The zero-order valence-electron chi connectivity index (χ0n) is 5.59. The fourth-order valence-corrected chi connectivity index (χ4v) is 1.11. The summed E-state index contributed by atoms with van der Waals surface area (Å²) in [7, 11) is 0. The maximum Gasteiger partial charge on any atom is 0.0919 e. The van der Waals surface area contributed by atoms with E-state index in [2.05, 4.69) is 5.32 Å². The van der Waals surface area contributed by atoms with Crippen LogP contribution < -0.4 is 5.32 Å². The third-order valence-electron chi connectivity index (χ3n) is 1.58. The van der Waals surface area contributed by atoms with Crippen molar-refractivity contribution < 1.29 is 10.2 Å². The van der Waals surface area contributed by atoms with E-state index in [-0.39, 0.29) is 0 Å². The van der Waals surface area contributed by atoms with E-state index < -0.39 is 11.7 Å². The highest BCUT2D eigenvalue weighted by Gasteiger charge is 2.34. The normalized spacial score (nSPS) is 27.0. The first-order valence-corrected chi connectivity index (χ1v) is 3.24. The van der Waals surface area contributed by atoms with Crippen LogP contribution in [0.15, 0.2) is 0 Å². The molecule has 9 heavy (non-hydrogen) atoms. The van der Waals surface area contributed by atoms with Crippen molar-refractivity contribution in [3.63, 3.8) is 0 Å². The molecule has 0 saturated carbocycles. The minimum atomic E-state index is -0.617. The monoisotopic (exact) mass is 131 g/mol. The van der Waals surface area contributed by atoms with Gasteiger partial charge in [-0.3, -0.25) is 0 Å². The fourth-order valence-electron chi connectivity index (χ4n) is 1.11. The van der Waals surface area contributed by atoms with E-state index in [1.807, 2.05) is 0 Å². The fraction of sp³-hybridized carbons (Fsp3) is 1.00. The van der Waals surface area contributed by atoms with Crippen LogP contribution in [0.25, 0.3) is 0 Å². The van der Waals surface area contributed by atoms with Gasteiger partial charge in [0.2, 0.25) is 0 Å². The molecule has 0 spiro atoms. The van der Waals surface area contributed by atoms with E-state index in [4.69, 9.17) is 5.11 Å². The smallest absolute Gasteiger partial charge is 0.0919 e. The molecule has 1 fully saturated rings. The summed E-state index contributed by atoms with van der Waals surface area (Å²) >= 11 is 0.